The van der Waals surface area contributed by atoms with Crippen LogP contribution in [0.2, 0.25) is 10.0 Å². The van der Waals surface area contributed by atoms with Crippen LogP contribution in [0.3, 0.4) is 0 Å². The van der Waals surface area contributed by atoms with Crippen LogP contribution < -0.4 is 10.6 Å². The number of nitrogens with zero attached hydrogens (tertiary/aromatic N) is 1. The molecule has 2 rings (SSSR count). The summed E-state index contributed by atoms with van der Waals surface area (Å²) >= 11 is 11.8. The van der Waals surface area contributed by atoms with E-state index in [-0.39, 0.29) is 21.3 Å². The van der Waals surface area contributed by atoms with E-state index >= 15 is 0 Å². The Labute approximate surface area is 132 Å². The molecule has 1 heterocycles. The molecule has 21 heavy (non-hydrogen) atoms. The SMILES string of the molecule is O=C(NCC1CCNCC1)c1cc([N+](=O)[O-])cc(Cl)c1Cl. The Bertz CT molecular complexity index is 560. The van der Waals surface area contributed by atoms with Crippen molar-refractivity contribution >= 4 is 34.8 Å². The lowest BCUT2D eigenvalue weighted by Gasteiger charge is -2.22. The smallest absolute Gasteiger partial charge is 0.271 e. The molecule has 0 aromatic heterocycles. The molecule has 114 valence electrons. The number of rotatable bonds is 4. The van der Waals surface area contributed by atoms with E-state index in [1.807, 2.05) is 0 Å². The molecule has 0 unspecified atom stereocenters. The van der Waals surface area contributed by atoms with Crippen LogP contribution in [0.4, 0.5) is 5.69 Å². The predicted molar refractivity (Wildman–Crippen MR) is 81.0 cm³/mol. The monoisotopic (exact) mass is 331 g/mol. The Balaban J connectivity index is 2.09. The number of hydrogen-bond acceptors (Lipinski definition) is 4. The van der Waals surface area contributed by atoms with Gasteiger partial charge in [0, 0.05) is 18.7 Å². The van der Waals surface area contributed by atoms with Crippen molar-refractivity contribution in [3.63, 3.8) is 0 Å². The van der Waals surface area contributed by atoms with Gasteiger partial charge in [-0.15, -0.1) is 0 Å². The maximum Gasteiger partial charge on any atom is 0.271 e. The van der Waals surface area contributed by atoms with Gasteiger partial charge in [-0.1, -0.05) is 23.2 Å². The van der Waals surface area contributed by atoms with E-state index in [9.17, 15) is 14.9 Å². The van der Waals surface area contributed by atoms with E-state index in [1.54, 1.807) is 0 Å². The number of piperidine rings is 1. The first-order chi connectivity index (χ1) is 9.99. The van der Waals surface area contributed by atoms with Crippen molar-refractivity contribution in [2.75, 3.05) is 19.6 Å². The molecular weight excluding hydrogens is 317 g/mol. The van der Waals surface area contributed by atoms with Crippen LogP contribution >= 0.6 is 23.2 Å². The summed E-state index contributed by atoms with van der Waals surface area (Å²) in [5.74, 6) is -0.0349. The van der Waals surface area contributed by atoms with Crippen LogP contribution in [0.15, 0.2) is 12.1 Å². The molecule has 1 aliphatic heterocycles. The lowest BCUT2D eigenvalue weighted by Crippen LogP contribution is -2.36. The molecule has 6 nitrogen and oxygen atoms in total. The molecule has 1 amide bonds. The standard InChI is InChI=1S/C13H15Cl2N3O3/c14-11-6-9(18(20)21)5-10(12(11)15)13(19)17-7-8-1-3-16-4-2-8/h5-6,8,16H,1-4,7H2,(H,17,19). The molecule has 2 N–H and O–H groups in total. The van der Waals surface area contributed by atoms with Gasteiger partial charge in [-0.05, 0) is 31.8 Å². The third-order valence-electron chi connectivity index (χ3n) is 3.48. The second-order valence-corrected chi connectivity index (χ2v) is 5.73. The summed E-state index contributed by atoms with van der Waals surface area (Å²) in [6.07, 6.45) is 1.98. The lowest BCUT2D eigenvalue weighted by atomic mass is 9.98. The van der Waals surface area contributed by atoms with Gasteiger partial charge in [0.05, 0.1) is 20.5 Å². The fourth-order valence-electron chi connectivity index (χ4n) is 2.26. The molecule has 1 aliphatic rings. The van der Waals surface area contributed by atoms with Crippen LogP contribution in [0.5, 0.6) is 0 Å². The third-order valence-corrected chi connectivity index (χ3v) is 4.28. The van der Waals surface area contributed by atoms with Gasteiger partial charge in [0.25, 0.3) is 11.6 Å². The van der Waals surface area contributed by atoms with Gasteiger partial charge >= 0.3 is 0 Å². The van der Waals surface area contributed by atoms with Crippen molar-refractivity contribution in [3.8, 4) is 0 Å². The summed E-state index contributed by atoms with van der Waals surface area (Å²) in [7, 11) is 0. The zero-order valence-electron chi connectivity index (χ0n) is 11.2. The quantitative estimate of drug-likeness (QED) is 0.656. The molecular formula is C13H15Cl2N3O3. The summed E-state index contributed by atoms with van der Waals surface area (Å²) in [6, 6.07) is 2.28. The number of amides is 1. The highest BCUT2D eigenvalue weighted by Gasteiger charge is 2.20. The normalized spacial score (nSPS) is 15.7. The van der Waals surface area contributed by atoms with Gasteiger partial charge in [0.2, 0.25) is 0 Å². The third kappa shape index (κ3) is 4.06. The van der Waals surface area contributed by atoms with Crippen molar-refractivity contribution in [1.29, 1.82) is 0 Å². The number of hydrogen-bond donors (Lipinski definition) is 2. The molecule has 0 spiro atoms. The zero-order chi connectivity index (χ0) is 15.4. The van der Waals surface area contributed by atoms with Crippen molar-refractivity contribution in [3.05, 3.63) is 37.9 Å². The number of non-ortho nitro benzene ring substituents is 1. The number of nitro benzene ring substituents is 1. The first kappa shape index (κ1) is 16.0. The highest BCUT2D eigenvalue weighted by Crippen LogP contribution is 2.30. The number of benzene rings is 1. The Morgan fingerprint density at radius 3 is 2.67 bits per heavy atom. The number of carbonyl (C=O) groups is 1. The van der Waals surface area contributed by atoms with Crippen LogP contribution in [-0.4, -0.2) is 30.5 Å². The molecule has 1 aromatic carbocycles. The first-order valence-electron chi connectivity index (χ1n) is 6.61. The van der Waals surface area contributed by atoms with E-state index < -0.39 is 10.8 Å². The highest BCUT2D eigenvalue weighted by atomic mass is 35.5. The van der Waals surface area contributed by atoms with Crippen molar-refractivity contribution in [1.82, 2.24) is 10.6 Å². The second kappa shape index (κ2) is 7.06. The maximum absolute atomic E-state index is 12.1. The molecule has 1 fully saturated rings. The number of carbonyl (C=O) groups excluding carboxylic acids is 1. The van der Waals surface area contributed by atoms with Gasteiger partial charge in [0.15, 0.2) is 0 Å². The molecule has 0 radical (unpaired) electrons. The minimum Gasteiger partial charge on any atom is -0.352 e. The molecule has 1 aromatic rings. The Morgan fingerprint density at radius 2 is 2.05 bits per heavy atom. The largest absolute Gasteiger partial charge is 0.352 e. The van der Waals surface area contributed by atoms with Gasteiger partial charge < -0.3 is 10.6 Å². The van der Waals surface area contributed by atoms with E-state index in [0.29, 0.717) is 12.5 Å². The summed E-state index contributed by atoms with van der Waals surface area (Å²) < 4.78 is 0. The van der Waals surface area contributed by atoms with E-state index in [4.69, 9.17) is 23.2 Å². The summed E-state index contributed by atoms with van der Waals surface area (Å²) in [5, 5.41) is 16.9. The van der Waals surface area contributed by atoms with Gasteiger partial charge in [0.1, 0.15) is 0 Å². The summed E-state index contributed by atoms with van der Waals surface area (Å²) in [6.45, 7) is 2.39. The highest BCUT2D eigenvalue weighted by molar-refractivity contribution is 6.44. The lowest BCUT2D eigenvalue weighted by molar-refractivity contribution is -0.384. The predicted octanol–water partition coefficient (Wildman–Crippen LogP) is 2.63. The van der Waals surface area contributed by atoms with E-state index in [0.717, 1.165) is 38.1 Å². The topological polar surface area (TPSA) is 84.3 Å². The fourth-order valence-corrected chi connectivity index (χ4v) is 2.67. The van der Waals surface area contributed by atoms with Crippen LogP contribution in [0, 0.1) is 16.0 Å². The number of nitro groups is 1. The summed E-state index contributed by atoms with van der Waals surface area (Å²) in [4.78, 5) is 22.3. The van der Waals surface area contributed by atoms with Crippen LogP contribution in [0.1, 0.15) is 23.2 Å². The zero-order valence-corrected chi connectivity index (χ0v) is 12.7. The Morgan fingerprint density at radius 1 is 1.38 bits per heavy atom. The first-order valence-corrected chi connectivity index (χ1v) is 7.37. The average molecular weight is 332 g/mol. The van der Waals surface area contributed by atoms with Crippen LogP contribution in [-0.2, 0) is 0 Å². The van der Waals surface area contributed by atoms with Gasteiger partial charge in [-0.2, -0.15) is 0 Å². The fraction of sp³-hybridized carbons (Fsp3) is 0.462. The minimum absolute atomic E-state index is 0.00196. The van der Waals surface area contributed by atoms with Gasteiger partial charge in [-0.25, -0.2) is 0 Å². The average Bonchev–Trinajstić information content (AvgIpc) is 2.48. The van der Waals surface area contributed by atoms with Crippen molar-refractivity contribution in [2.24, 2.45) is 5.92 Å². The van der Waals surface area contributed by atoms with Crippen molar-refractivity contribution < 1.29 is 9.72 Å². The molecule has 1 saturated heterocycles. The summed E-state index contributed by atoms with van der Waals surface area (Å²) in [5.41, 5.74) is -0.221. The van der Waals surface area contributed by atoms with Crippen molar-refractivity contribution in [2.45, 2.75) is 12.8 Å². The van der Waals surface area contributed by atoms with Gasteiger partial charge in [-0.3, -0.25) is 14.9 Å². The molecule has 0 aliphatic carbocycles. The minimum atomic E-state index is -0.605. The Hall–Kier alpha value is -1.37. The number of nitrogens with one attached hydrogen (secondary N) is 2. The molecule has 0 atom stereocenters. The molecule has 8 heteroatoms. The Kier molecular flexibility index (Phi) is 5.39. The van der Waals surface area contributed by atoms with E-state index in [2.05, 4.69) is 10.6 Å². The number of halogens is 2. The maximum atomic E-state index is 12.1. The second-order valence-electron chi connectivity index (χ2n) is 4.95. The molecule has 0 saturated carbocycles. The van der Waals surface area contributed by atoms with E-state index in [1.165, 1.54) is 0 Å². The van der Waals surface area contributed by atoms with Crippen LogP contribution in [0.25, 0.3) is 0 Å². The molecule has 0 bridgehead atoms.